The van der Waals surface area contributed by atoms with Gasteiger partial charge in [-0.1, -0.05) is 25.5 Å². The molecular formula is C24H26N2O5. The molecule has 2 aromatic rings. The van der Waals surface area contributed by atoms with Crippen molar-refractivity contribution in [2.24, 2.45) is 0 Å². The fourth-order valence-electron chi connectivity index (χ4n) is 3.58. The van der Waals surface area contributed by atoms with Crippen LogP contribution in [-0.2, 0) is 9.53 Å². The number of hydrogen-bond acceptors (Lipinski definition) is 5. The van der Waals surface area contributed by atoms with Crippen LogP contribution in [0.2, 0.25) is 0 Å². The molecule has 0 radical (unpaired) electrons. The van der Waals surface area contributed by atoms with Crippen LogP contribution in [0.25, 0.3) is 0 Å². The number of carbonyl (C=O) groups is 4. The lowest BCUT2D eigenvalue weighted by Gasteiger charge is -2.17. The molecular weight excluding hydrogens is 396 g/mol. The van der Waals surface area contributed by atoms with Gasteiger partial charge in [0, 0.05) is 6.04 Å². The Balaban J connectivity index is 1.75. The van der Waals surface area contributed by atoms with Crippen molar-refractivity contribution in [2.75, 3.05) is 11.5 Å². The predicted molar refractivity (Wildman–Crippen MR) is 116 cm³/mol. The molecule has 0 spiro atoms. The molecule has 3 amide bonds. The van der Waals surface area contributed by atoms with Crippen molar-refractivity contribution in [2.45, 2.75) is 46.6 Å². The number of ether oxygens (including phenoxy) is 1. The van der Waals surface area contributed by atoms with Crippen LogP contribution in [0.4, 0.5) is 5.69 Å². The number of imide groups is 1. The second kappa shape index (κ2) is 9.12. The summed E-state index contributed by atoms with van der Waals surface area (Å²) in [5.41, 5.74) is 2.72. The minimum atomic E-state index is -0.730. The Labute approximate surface area is 181 Å². The van der Waals surface area contributed by atoms with Crippen LogP contribution in [-0.4, -0.2) is 36.3 Å². The monoisotopic (exact) mass is 422 g/mol. The average Bonchev–Trinajstić information content (AvgIpc) is 2.98. The summed E-state index contributed by atoms with van der Waals surface area (Å²) in [5, 5.41) is 2.75. The summed E-state index contributed by atoms with van der Waals surface area (Å²) in [6.45, 7) is 7.20. The zero-order chi connectivity index (χ0) is 22.7. The number of fused-ring (bicyclic) bond motifs is 1. The molecule has 7 heteroatoms. The average molecular weight is 422 g/mol. The molecule has 0 fully saturated rings. The van der Waals surface area contributed by atoms with Crippen molar-refractivity contribution in [3.63, 3.8) is 0 Å². The Bertz CT molecular complexity index is 1060. The molecule has 0 saturated heterocycles. The molecule has 1 N–H and O–H groups in total. The molecule has 0 unspecified atom stereocenters. The van der Waals surface area contributed by atoms with Crippen LogP contribution in [0.1, 0.15) is 68.9 Å². The summed E-state index contributed by atoms with van der Waals surface area (Å²) >= 11 is 0. The van der Waals surface area contributed by atoms with E-state index in [0.29, 0.717) is 5.69 Å². The molecule has 0 aromatic heterocycles. The highest BCUT2D eigenvalue weighted by molar-refractivity contribution is 6.35. The van der Waals surface area contributed by atoms with Crippen molar-refractivity contribution < 1.29 is 23.9 Å². The van der Waals surface area contributed by atoms with Gasteiger partial charge in [-0.15, -0.1) is 0 Å². The van der Waals surface area contributed by atoms with E-state index in [9.17, 15) is 19.2 Å². The maximum Gasteiger partial charge on any atom is 0.338 e. The molecule has 1 aliphatic heterocycles. The van der Waals surface area contributed by atoms with E-state index in [1.54, 1.807) is 6.07 Å². The molecule has 7 nitrogen and oxygen atoms in total. The van der Waals surface area contributed by atoms with E-state index >= 15 is 0 Å². The van der Waals surface area contributed by atoms with Gasteiger partial charge < -0.3 is 10.1 Å². The second-order valence-electron chi connectivity index (χ2n) is 7.83. The first-order valence-corrected chi connectivity index (χ1v) is 10.3. The number of nitrogens with zero attached hydrogens (tertiary/aromatic N) is 1. The van der Waals surface area contributed by atoms with Gasteiger partial charge in [0.05, 0.1) is 22.4 Å². The van der Waals surface area contributed by atoms with E-state index in [1.807, 2.05) is 39.8 Å². The number of benzene rings is 2. The highest BCUT2D eigenvalue weighted by Gasteiger charge is 2.38. The van der Waals surface area contributed by atoms with Gasteiger partial charge in [-0.2, -0.15) is 0 Å². The molecule has 1 heterocycles. The summed E-state index contributed by atoms with van der Waals surface area (Å²) in [6, 6.07) is 9.76. The van der Waals surface area contributed by atoms with Crippen LogP contribution in [0, 0.1) is 13.8 Å². The van der Waals surface area contributed by atoms with E-state index in [-0.39, 0.29) is 28.6 Å². The molecule has 1 aliphatic rings. The minimum Gasteiger partial charge on any atom is -0.452 e. The van der Waals surface area contributed by atoms with E-state index < -0.39 is 24.4 Å². The number of hydrogen-bond donors (Lipinski definition) is 1. The molecule has 2 aromatic carbocycles. The lowest BCUT2D eigenvalue weighted by atomic mass is 10.1. The molecule has 31 heavy (non-hydrogen) atoms. The van der Waals surface area contributed by atoms with E-state index in [2.05, 4.69) is 5.32 Å². The van der Waals surface area contributed by atoms with Crippen molar-refractivity contribution in [1.82, 2.24) is 5.32 Å². The number of amides is 3. The van der Waals surface area contributed by atoms with Gasteiger partial charge in [-0.3, -0.25) is 14.4 Å². The van der Waals surface area contributed by atoms with E-state index in [0.717, 1.165) is 28.9 Å². The minimum absolute atomic E-state index is 0.00380. The Morgan fingerprint density at radius 2 is 1.74 bits per heavy atom. The maximum atomic E-state index is 13.0. The fourth-order valence-corrected chi connectivity index (χ4v) is 3.58. The van der Waals surface area contributed by atoms with Crippen LogP contribution >= 0.6 is 0 Å². The SMILES string of the molecule is CCC[C@H](C)NC(=O)COC(=O)c1ccc2c(c1)C(=O)N(c1cc(C)ccc1C)C2=O. The number of rotatable bonds is 7. The Hall–Kier alpha value is -3.48. The van der Waals surface area contributed by atoms with Gasteiger partial charge in [-0.05, 0) is 62.6 Å². The fraction of sp³-hybridized carbons (Fsp3) is 0.333. The predicted octanol–water partition coefficient (Wildman–Crippen LogP) is 3.57. The standard InChI is InChI=1S/C24H26N2O5/c1-5-6-16(4)25-21(27)13-31-24(30)17-9-10-18-19(12-17)23(29)26(22(18)28)20-11-14(2)7-8-15(20)3/h7-12,16H,5-6,13H2,1-4H3,(H,25,27)/t16-/m0/s1. The third kappa shape index (κ3) is 4.66. The van der Waals surface area contributed by atoms with Crippen LogP contribution in [0.5, 0.6) is 0 Å². The first kappa shape index (κ1) is 22.2. The number of nitrogens with one attached hydrogen (secondary N) is 1. The number of anilines is 1. The quantitative estimate of drug-likeness (QED) is 0.544. The third-order valence-electron chi connectivity index (χ3n) is 5.19. The molecule has 162 valence electrons. The zero-order valence-electron chi connectivity index (χ0n) is 18.2. The van der Waals surface area contributed by atoms with Crippen molar-refractivity contribution in [1.29, 1.82) is 0 Å². The topological polar surface area (TPSA) is 92.8 Å². The summed E-state index contributed by atoms with van der Waals surface area (Å²) in [5.74, 6) is -2.04. The molecule has 3 rings (SSSR count). The Morgan fingerprint density at radius 1 is 1.03 bits per heavy atom. The highest BCUT2D eigenvalue weighted by atomic mass is 16.5. The van der Waals surface area contributed by atoms with Crippen molar-refractivity contribution in [3.05, 3.63) is 64.2 Å². The van der Waals surface area contributed by atoms with Gasteiger partial charge in [0.2, 0.25) is 0 Å². The zero-order valence-corrected chi connectivity index (χ0v) is 18.2. The number of carbonyl (C=O) groups excluding carboxylic acids is 4. The molecule has 1 atom stereocenters. The van der Waals surface area contributed by atoms with Crippen LogP contribution in [0.15, 0.2) is 36.4 Å². The third-order valence-corrected chi connectivity index (χ3v) is 5.19. The second-order valence-corrected chi connectivity index (χ2v) is 7.83. The summed E-state index contributed by atoms with van der Waals surface area (Å²) in [4.78, 5) is 51.3. The van der Waals surface area contributed by atoms with Gasteiger partial charge in [0.15, 0.2) is 6.61 Å². The lowest BCUT2D eigenvalue weighted by Crippen LogP contribution is -2.35. The smallest absolute Gasteiger partial charge is 0.338 e. The number of aryl methyl sites for hydroxylation is 2. The van der Waals surface area contributed by atoms with Crippen LogP contribution < -0.4 is 10.2 Å². The highest BCUT2D eigenvalue weighted by Crippen LogP contribution is 2.31. The van der Waals surface area contributed by atoms with E-state index in [4.69, 9.17) is 4.74 Å². The first-order chi connectivity index (χ1) is 14.7. The largest absolute Gasteiger partial charge is 0.452 e. The lowest BCUT2D eigenvalue weighted by molar-refractivity contribution is -0.124. The Kier molecular flexibility index (Phi) is 6.53. The van der Waals surface area contributed by atoms with Crippen LogP contribution in [0.3, 0.4) is 0 Å². The van der Waals surface area contributed by atoms with Gasteiger partial charge >= 0.3 is 5.97 Å². The molecule has 0 saturated carbocycles. The molecule has 0 bridgehead atoms. The van der Waals surface area contributed by atoms with Gasteiger partial charge in [0.25, 0.3) is 17.7 Å². The summed E-state index contributed by atoms with van der Waals surface area (Å²) < 4.78 is 5.08. The summed E-state index contributed by atoms with van der Waals surface area (Å²) in [7, 11) is 0. The summed E-state index contributed by atoms with van der Waals surface area (Å²) in [6.07, 6.45) is 1.76. The van der Waals surface area contributed by atoms with E-state index in [1.165, 1.54) is 18.2 Å². The van der Waals surface area contributed by atoms with Gasteiger partial charge in [0.1, 0.15) is 0 Å². The maximum absolute atomic E-state index is 13.0. The Morgan fingerprint density at radius 3 is 2.45 bits per heavy atom. The first-order valence-electron chi connectivity index (χ1n) is 10.3. The van der Waals surface area contributed by atoms with Gasteiger partial charge in [-0.25, -0.2) is 9.69 Å². The normalized spacial score (nSPS) is 13.7. The number of esters is 1. The molecule has 0 aliphatic carbocycles. The van der Waals surface area contributed by atoms with Crippen molar-refractivity contribution >= 4 is 29.4 Å². The van der Waals surface area contributed by atoms with Crippen molar-refractivity contribution in [3.8, 4) is 0 Å².